The summed E-state index contributed by atoms with van der Waals surface area (Å²) in [6.07, 6.45) is 7.62. The van der Waals surface area contributed by atoms with Gasteiger partial charge < -0.3 is 0 Å². The molecule has 1 atom stereocenters. The number of aryl methyl sites for hydroxylation is 1. The van der Waals surface area contributed by atoms with E-state index in [2.05, 4.69) is 17.0 Å². The Morgan fingerprint density at radius 2 is 1.86 bits per heavy atom. The van der Waals surface area contributed by atoms with E-state index in [9.17, 15) is 8.42 Å². The van der Waals surface area contributed by atoms with Crippen LogP contribution in [0.15, 0.2) is 65.7 Å². The molecule has 0 amide bonds. The maximum absolute atomic E-state index is 13.4. The Morgan fingerprint density at radius 3 is 2.68 bits per heavy atom. The summed E-state index contributed by atoms with van der Waals surface area (Å²) in [5.41, 5.74) is 4.10. The molecule has 1 fully saturated rings. The van der Waals surface area contributed by atoms with Crippen molar-refractivity contribution >= 4 is 26.5 Å². The predicted octanol–water partition coefficient (Wildman–Crippen LogP) is 4.44. The van der Waals surface area contributed by atoms with Crippen molar-refractivity contribution in [1.29, 1.82) is 0 Å². The van der Waals surface area contributed by atoms with Gasteiger partial charge in [-0.1, -0.05) is 42.5 Å². The molecular formula is C23H24N2O2S. The minimum atomic E-state index is -3.64. The number of rotatable bonds is 3. The van der Waals surface area contributed by atoms with Crippen LogP contribution in [0.3, 0.4) is 0 Å². The highest BCUT2D eigenvalue weighted by Gasteiger charge is 2.30. The summed E-state index contributed by atoms with van der Waals surface area (Å²) in [6.45, 7) is 4.12. The summed E-state index contributed by atoms with van der Waals surface area (Å²) in [5, 5.41) is 1.03. The first-order valence-corrected chi connectivity index (χ1v) is 11.3. The van der Waals surface area contributed by atoms with Gasteiger partial charge in [0.15, 0.2) is 0 Å². The maximum Gasteiger partial charge on any atom is 0.268 e. The second kappa shape index (κ2) is 6.61. The third kappa shape index (κ3) is 2.73. The fourth-order valence-corrected chi connectivity index (χ4v) is 6.18. The molecule has 0 saturated carbocycles. The highest BCUT2D eigenvalue weighted by Crippen LogP contribution is 2.38. The fraction of sp³-hybridized carbons (Fsp3) is 0.304. The highest BCUT2D eigenvalue weighted by atomic mass is 32.2. The van der Waals surface area contributed by atoms with Crippen LogP contribution < -0.4 is 0 Å². The molecule has 1 aromatic heterocycles. The van der Waals surface area contributed by atoms with Gasteiger partial charge >= 0.3 is 0 Å². The molecule has 0 N–H and O–H groups in total. The van der Waals surface area contributed by atoms with Gasteiger partial charge in [0.1, 0.15) is 0 Å². The third-order valence-corrected chi connectivity index (χ3v) is 7.84. The lowest BCUT2D eigenvalue weighted by Gasteiger charge is -2.29. The molecular weight excluding hydrogens is 368 g/mol. The zero-order valence-electron chi connectivity index (χ0n) is 16.0. The molecule has 0 spiro atoms. The summed E-state index contributed by atoms with van der Waals surface area (Å²) in [4.78, 5) is 2.86. The van der Waals surface area contributed by atoms with E-state index in [1.54, 1.807) is 24.3 Å². The Hall–Kier alpha value is -2.37. The standard InChI is InChI=1S/C23H24N2O2S/c1-17-7-5-11-21-22(18-12-14-24-13-6-8-19(24)15-18)16-25(23(17)21)28(26,27)20-9-3-2-4-10-20/h2-5,7,9-12,16,19H,6,8,13-15H2,1H3. The molecule has 3 aromatic rings. The van der Waals surface area contributed by atoms with Gasteiger partial charge in [-0.2, -0.15) is 0 Å². The lowest BCUT2D eigenvalue weighted by molar-refractivity contribution is 0.275. The minimum absolute atomic E-state index is 0.321. The Balaban J connectivity index is 1.70. The van der Waals surface area contributed by atoms with Crippen LogP contribution in [0.4, 0.5) is 0 Å². The van der Waals surface area contributed by atoms with Crippen molar-refractivity contribution in [2.45, 2.75) is 37.1 Å². The van der Waals surface area contributed by atoms with E-state index in [1.807, 2.05) is 31.3 Å². The first-order valence-electron chi connectivity index (χ1n) is 9.90. The van der Waals surface area contributed by atoms with Gasteiger partial charge in [-0.25, -0.2) is 12.4 Å². The van der Waals surface area contributed by atoms with Crippen molar-refractivity contribution in [2.75, 3.05) is 13.1 Å². The zero-order valence-corrected chi connectivity index (χ0v) is 16.8. The number of hydrogen-bond acceptors (Lipinski definition) is 3. The van der Waals surface area contributed by atoms with Crippen LogP contribution >= 0.6 is 0 Å². The van der Waals surface area contributed by atoms with Crippen LogP contribution in [0.1, 0.15) is 30.4 Å². The van der Waals surface area contributed by atoms with Gasteiger partial charge in [-0.15, -0.1) is 0 Å². The van der Waals surface area contributed by atoms with Crippen LogP contribution in [-0.4, -0.2) is 36.4 Å². The molecule has 1 unspecified atom stereocenters. The number of nitrogens with zero attached hydrogens (tertiary/aromatic N) is 2. The quantitative estimate of drug-likeness (QED) is 0.662. The van der Waals surface area contributed by atoms with Crippen LogP contribution in [0, 0.1) is 6.92 Å². The fourth-order valence-electron chi connectivity index (χ4n) is 4.72. The molecule has 4 nitrogen and oxygen atoms in total. The molecule has 5 heteroatoms. The highest BCUT2D eigenvalue weighted by molar-refractivity contribution is 7.90. The van der Waals surface area contributed by atoms with Gasteiger partial charge in [-0.3, -0.25) is 4.90 Å². The molecule has 0 radical (unpaired) electrons. The number of aromatic nitrogens is 1. The van der Waals surface area contributed by atoms with Crippen LogP contribution in [0.25, 0.3) is 16.5 Å². The van der Waals surface area contributed by atoms with Crippen molar-refractivity contribution < 1.29 is 8.42 Å². The molecule has 28 heavy (non-hydrogen) atoms. The molecule has 2 aliphatic rings. The van der Waals surface area contributed by atoms with Crippen molar-refractivity contribution in [3.05, 3.63) is 71.9 Å². The predicted molar refractivity (Wildman–Crippen MR) is 113 cm³/mol. The number of hydrogen-bond donors (Lipinski definition) is 0. The Kier molecular flexibility index (Phi) is 4.18. The van der Waals surface area contributed by atoms with Crippen molar-refractivity contribution in [1.82, 2.24) is 8.87 Å². The van der Waals surface area contributed by atoms with E-state index in [1.165, 1.54) is 28.9 Å². The molecule has 144 valence electrons. The van der Waals surface area contributed by atoms with Crippen molar-refractivity contribution in [3.63, 3.8) is 0 Å². The molecule has 0 aliphatic carbocycles. The smallest absolute Gasteiger partial charge is 0.268 e. The van der Waals surface area contributed by atoms with Crippen molar-refractivity contribution in [2.24, 2.45) is 0 Å². The Bertz CT molecular complexity index is 1180. The lowest BCUT2D eigenvalue weighted by atomic mass is 9.93. The average Bonchev–Trinajstić information content (AvgIpc) is 3.33. The molecule has 5 rings (SSSR count). The molecule has 2 aliphatic heterocycles. The van der Waals surface area contributed by atoms with Crippen molar-refractivity contribution in [3.8, 4) is 0 Å². The average molecular weight is 393 g/mol. The number of para-hydroxylation sites is 1. The first-order chi connectivity index (χ1) is 13.6. The summed E-state index contributed by atoms with van der Waals surface area (Å²) in [6, 6.07) is 15.3. The topological polar surface area (TPSA) is 42.3 Å². The second-order valence-electron chi connectivity index (χ2n) is 7.85. The van der Waals surface area contributed by atoms with Crippen LogP contribution in [0.5, 0.6) is 0 Å². The van der Waals surface area contributed by atoms with Gasteiger partial charge in [0.25, 0.3) is 10.0 Å². The Labute approximate surface area is 166 Å². The van der Waals surface area contributed by atoms with E-state index < -0.39 is 10.0 Å². The number of benzene rings is 2. The molecule has 1 saturated heterocycles. The van der Waals surface area contributed by atoms with E-state index in [0.717, 1.165) is 35.0 Å². The van der Waals surface area contributed by atoms with E-state index in [0.29, 0.717) is 10.9 Å². The maximum atomic E-state index is 13.4. The van der Waals surface area contributed by atoms with Gasteiger partial charge in [0.05, 0.1) is 10.4 Å². The summed E-state index contributed by atoms with van der Waals surface area (Å²) < 4.78 is 28.3. The molecule has 2 aromatic carbocycles. The lowest BCUT2D eigenvalue weighted by Crippen LogP contribution is -2.32. The number of fused-ring (bicyclic) bond motifs is 2. The van der Waals surface area contributed by atoms with E-state index >= 15 is 0 Å². The largest absolute Gasteiger partial charge is 0.296 e. The summed E-state index contributed by atoms with van der Waals surface area (Å²) in [7, 11) is -3.64. The second-order valence-corrected chi connectivity index (χ2v) is 9.67. The van der Waals surface area contributed by atoms with E-state index in [4.69, 9.17) is 0 Å². The van der Waals surface area contributed by atoms with Crippen LogP contribution in [-0.2, 0) is 10.0 Å². The zero-order chi connectivity index (χ0) is 19.3. The van der Waals surface area contributed by atoms with Gasteiger partial charge in [0.2, 0.25) is 0 Å². The first kappa shape index (κ1) is 17.7. The monoisotopic (exact) mass is 392 g/mol. The summed E-state index contributed by atoms with van der Waals surface area (Å²) in [5.74, 6) is 0. The third-order valence-electron chi connectivity index (χ3n) is 6.17. The van der Waals surface area contributed by atoms with Crippen LogP contribution in [0.2, 0.25) is 0 Å². The van der Waals surface area contributed by atoms with Gasteiger partial charge in [-0.05, 0) is 56.0 Å². The normalized spacial score (nSPS) is 20.3. The SMILES string of the molecule is Cc1cccc2c(C3=CCN4CCCC4C3)cn(S(=O)(=O)c3ccccc3)c12. The van der Waals surface area contributed by atoms with E-state index in [-0.39, 0.29) is 0 Å². The minimum Gasteiger partial charge on any atom is -0.296 e. The molecule has 0 bridgehead atoms. The van der Waals surface area contributed by atoms with Gasteiger partial charge in [0, 0.05) is 29.7 Å². The molecule has 3 heterocycles. The summed E-state index contributed by atoms with van der Waals surface area (Å²) >= 11 is 0. The Morgan fingerprint density at radius 1 is 1.04 bits per heavy atom.